The highest BCUT2D eigenvalue weighted by Gasteiger charge is 2.38. The van der Waals surface area contributed by atoms with Gasteiger partial charge in [0, 0.05) is 32.2 Å². The molecule has 1 aromatic rings. The van der Waals surface area contributed by atoms with E-state index in [-0.39, 0.29) is 24.6 Å². The SMILES string of the molecule is COc1ccc(CN2C[C@H]3CC[C@@H](C2)N(C(=O)CN2CCOC2=O)C3)cc1. The first-order valence-electron chi connectivity index (χ1n) is 9.69. The number of carbonyl (C=O) groups excluding carboxylic acids is 2. The van der Waals surface area contributed by atoms with Gasteiger partial charge in [-0.15, -0.1) is 0 Å². The number of rotatable bonds is 5. The predicted octanol–water partition coefficient (Wildman–Crippen LogP) is 1.57. The van der Waals surface area contributed by atoms with Crippen LogP contribution in [0.15, 0.2) is 24.3 Å². The maximum absolute atomic E-state index is 12.8. The average Bonchev–Trinajstić information content (AvgIpc) is 2.89. The predicted molar refractivity (Wildman–Crippen MR) is 99.4 cm³/mol. The fraction of sp³-hybridized carbons (Fsp3) is 0.600. The van der Waals surface area contributed by atoms with E-state index in [4.69, 9.17) is 9.47 Å². The Morgan fingerprint density at radius 3 is 2.70 bits per heavy atom. The Labute approximate surface area is 159 Å². The van der Waals surface area contributed by atoms with Crippen molar-refractivity contribution < 1.29 is 19.1 Å². The lowest BCUT2D eigenvalue weighted by atomic mass is 9.95. The van der Waals surface area contributed by atoms with E-state index in [9.17, 15) is 9.59 Å². The van der Waals surface area contributed by atoms with Crippen LogP contribution >= 0.6 is 0 Å². The van der Waals surface area contributed by atoms with Gasteiger partial charge in [0.15, 0.2) is 0 Å². The van der Waals surface area contributed by atoms with Gasteiger partial charge < -0.3 is 14.4 Å². The molecule has 2 bridgehead atoms. The molecular weight excluding hydrogens is 346 g/mol. The summed E-state index contributed by atoms with van der Waals surface area (Å²) in [4.78, 5) is 30.4. The second-order valence-corrected chi connectivity index (χ2v) is 7.72. The van der Waals surface area contributed by atoms with Crippen LogP contribution in [0.5, 0.6) is 5.75 Å². The first-order valence-corrected chi connectivity index (χ1v) is 9.69. The van der Waals surface area contributed by atoms with Crippen molar-refractivity contribution in [2.75, 3.05) is 46.4 Å². The standard InChI is InChI=1S/C20H27N3O4/c1-26-18-6-3-15(4-7-18)10-21-11-16-2-5-17(13-21)23(12-16)19(24)14-22-8-9-27-20(22)25/h3-4,6-7,16-17H,2,5,8-14H2,1H3/t16-,17+/m1/s1. The van der Waals surface area contributed by atoms with Crippen molar-refractivity contribution >= 4 is 12.0 Å². The molecule has 4 saturated heterocycles. The van der Waals surface area contributed by atoms with Gasteiger partial charge in [-0.2, -0.15) is 0 Å². The number of ether oxygens (including phenoxy) is 2. The van der Waals surface area contributed by atoms with E-state index < -0.39 is 0 Å². The summed E-state index contributed by atoms with van der Waals surface area (Å²) >= 11 is 0. The molecule has 146 valence electrons. The Morgan fingerprint density at radius 1 is 1.19 bits per heavy atom. The molecule has 0 radical (unpaired) electrons. The third-order valence-corrected chi connectivity index (χ3v) is 5.85. The zero-order chi connectivity index (χ0) is 18.8. The number of cyclic esters (lactones) is 1. The van der Waals surface area contributed by atoms with E-state index in [1.54, 1.807) is 7.11 Å². The molecule has 0 N–H and O–H groups in total. The second kappa shape index (κ2) is 7.76. The number of amides is 2. The van der Waals surface area contributed by atoms with Crippen LogP contribution < -0.4 is 4.74 Å². The van der Waals surface area contributed by atoms with Crippen LogP contribution in [0.3, 0.4) is 0 Å². The Kier molecular flexibility index (Phi) is 5.20. The van der Waals surface area contributed by atoms with Crippen molar-refractivity contribution in [1.82, 2.24) is 14.7 Å². The Hall–Kier alpha value is -2.28. The fourth-order valence-electron chi connectivity index (χ4n) is 4.43. The van der Waals surface area contributed by atoms with Gasteiger partial charge in [0.25, 0.3) is 0 Å². The lowest BCUT2D eigenvalue weighted by Gasteiger charge is -2.37. The van der Waals surface area contributed by atoms with Gasteiger partial charge in [0.2, 0.25) is 5.91 Å². The molecule has 4 aliphatic rings. The molecule has 1 aromatic carbocycles. The number of hydrogen-bond donors (Lipinski definition) is 0. The van der Waals surface area contributed by atoms with E-state index in [0.29, 0.717) is 19.1 Å². The third-order valence-electron chi connectivity index (χ3n) is 5.85. The lowest BCUT2D eigenvalue weighted by molar-refractivity contribution is -0.135. The Bertz CT molecular complexity index is 693. The van der Waals surface area contributed by atoms with Crippen LogP contribution in [0.25, 0.3) is 0 Å². The number of fused-ring (bicyclic) bond motifs is 4. The van der Waals surface area contributed by atoms with E-state index in [1.165, 1.54) is 16.9 Å². The molecule has 4 fully saturated rings. The highest BCUT2D eigenvalue weighted by atomic mass is 16.6. The molecule has 7 heteroatoms. The molecule has 0 aromatic heterocycles. The highest BCUT2D eigenvalue weighted by Crippen LogP contribution is 2.29. The maximum atomic E-state index is 12.8. The van der Waals surface area contributed by atoms with E-state index in [1.807, 2.05) is 17.0 Å². The summed E-state index contributed by atoms with van der Waals surface area (Å²) in [7, 11) is 1.68. The molecule has 7 nitrogen and oxygen atoms in total. The van der Waals surface area contributed by atoms with Gasteiger partial charge >= 0.3 is 6.09 Å². The molecule has 27 heavy (non-hydrogen) atoms. The summed E-state index contributed by atoms with van der Waals surface area (Å²) in [5.74, 6) is 1.42. The molecular formula is C20H27N3O4. The third kappa shape index (κ3) is 4.03. The Morgan fingerprint density at radius 2 is 2.00 bits per heavy atom. The molecule has 2 atom stereocenters. The van der Waals surface area contributed by atoms with Gasteiger partial charge in [-0.05, 0) is 36.5 Å². The molecule has 0 spiro atoms. The van der Waals surface area contributed by atoms with Crippen molar-refractivity contribution in [2.45, 2.75) is 25.4 Å². The van der Waals surface area contributed by atoms with Crippen LogP contribution in [-0.2, 0) is 16.1 Å². The number of carbonyl (C=O) groups is 2. The quantitative estimate of drug-likeness (QED) is 0.784. The molecule has 5 rings (SSSR count). The monoisotopic (exact) mass is 373 g/mol. The molecule has 0 aliphatic carbocycles. The second-order valence-electron chi connectivity index (χ2n) is 7.72. The zero-order valence-electron chi connectivity index (χ0n) is 15.8. The summed E-state index contributed by atoms with van der Waals surface area (Å²) in [5, 5.41) is 0. The maximum Gasteiger partial charge on any atom is 0.410 e. The van der Waals surface area contributed by atoms with E-state index >= 15 is 0 Å². The molecule has 0 unspecified atom stereocenters. The largest absolute Gasteiger partial charge is 0.497 e. The van der Waals surface area contributed by atoms with Gasteiger partial charge in [0.05, 0.1) is 13.7 Å². The van der Waals surface area contributed by atoms with E-state index in [2.05, 4.69) is 17.0 Å². The first-order chi connectivity index (χ1) is 13.1. The number of benzene rings is 1. The van der Waals surface area contributed by atoms with Crippen LogP contribution in [0, 0.1) is 5.92 Å². The van der Waals surface area contributed by atoms with Crippen LogP contribution in [0.4, 0.5) is 4.79 Å². The van der Waals surface area contributed by atoms with Gasteiger partial charge in [0.1, 0.15) is 18.9 Å². The minimum absolute atomic E-state index is 0.0508. The van der Waals surface area contributed by atoms with Crippen LogP contribution in [0.1, 0.15) is 18.4 Å². The summed E-state index contributed by atoms with van der Waals surface area (Å²) in [6, 6.07) is 8.42. The van der Waals surface area contributed by atoms with Gasteiger partial charge in [-0.3, -0.25) is 14.6 Å². The molecule has 2 amide bonds. The topological polar surface area (TPSA) is 62.3 Å². The number of nitrogens with zero attached hydrogens (tertiary/aromatic N) is 3. The van der Waals surface area contributed by atoms with Crippen molar-refractivity contribution in [2.24, 2.45) is 5.92 Å². The summed E-state index contributed by atoms with van der Waals surface area (Å²) in [6.45, 7) is 4.62. The van der Waals surface area contributed by atoms with Crippen molar-refractivity contribution in [3.8, 4) is 5.75 Å². The van der Waals surface area contributed by atoms with Crippen LogP contribution in [-0.4, -0.2) is 79.2 Å². The molecule has 4 aliphatic heterocycles. The van der Waals surface area contributed by atoms with Crippen LogP contribution in [0.2, 0.25) is 0 Å². The summed E-state index contributed by atoms with van der Waals surface area (Å²) in [6.07, 6.45) is 1.84. The number of methoxy groups -OCH3 is 1. The zero-order valence-corrected chi connectivity index (χ0v) is 15.8. The normalized spacial score (nSPS) is 25.4. The van der Waals surface area contributed by atoms with Gasteiger partial charge in [-0.1, -0.05) is 12.1 Å². The molecule has 4 heterocycles. The minimum atomic E-state index is -0.371. The Balaban J connectivity index is 1.39. The average molecular weight is 373 g/mol. The van der Waals surface area contributed by atoms with Crippen molar-refractivity contribution in [1.29, 1.82) is 0 Å². The summed E-state index contributed by atoms with van der Waals surface area (Å²) in [5.41, 5.74) is 1.26. The minimum Gasteiger partial charge on any atom is -0.497 e. The van der Waals surface area contributed by atoms with Crippen molar-refractivity contribution in [3.05, 3.63) is 29.8 Å². The lowest BCUT2D eigenvalue weighted by Crippen LogP contribution is -2.50. The fourth-order valence-corrected chi connectivity index (χ4v) is 4.43. The summed E-state index contributed by atoms with van der Waals surface area (Å²) < 4.78 is 10.2. The van der Waals surface area contributed by atoms with Gasteiger partial charge in [-0.25, -0.2) is 4.79 Å². The smallest absolute Gasteiger partial charge is 0.410 e. The van der Waals surface area contributed by atoms with Crippen molar-refractivity contribution in [3.63, 3.8) is 0 Å². The number of piperidine rings is 1. The van der Waals surface area contributed by atoms with E-state index in [0.717, 1.165) is 38.3 Å². The number of hydrogen-bond acceptors (Lipinski definition) is 5. The molecule has 0 saturated carbocycles. The first kappa shape index (κ1) is 18.1. The highest BCUT2D eigenvalue weighted by molar-refractivity contribution is 5.83.